The molecule has 33 heavy (non-hydrogen) atoms. The molecule has 0 N–H and O–H groups in total. The van der Waals surface area contributed by atoms with Crippen LogP contribution in [0.15, 0.2) is 74.9 Å². The number of nitrogens with zero attached hydrogens (tertiary/aromatic N) is 6. The van der Waals surface area contributed by atoms with Gasteiger partial charge in [-0.2, -0.15) is 4.98 Å². The zero-order chi connectivity index (χ0) is 22.8. The molecule has 0 unspecified atom stereocenters. The fourth-order valence-corrected chi connectivity index (χ4v) is 3.90. The predicted octanol–water partition coefficient (Wildman–Crippen LogP) is 3.52. The predicted molar refractivity (Wildman–Crippen MR) is 124 cm³/mol. The highest BCUT2D eigenvalue weighted by atomic mass is 32.2. The van der Waals surface area contributed by atoms with Gasteiger partial charge in [-0.25, -0.2) is 18.9 Å². The Hall–Kier alpha value is -3.76. The van der Waals surface area contributed by atoms with Gasteiger partial charge in [0.1, 0.15) is 12.4 Å². The van der Waals surface area contributed by atoms with Crippen LogP contribution in [0.4, 0.5) is 0 Å². The van der Waals surface area contributed by atoms with Gasteiger partial charge in [0.15, 0.2) is 5.65 Å². The molecule has 0 aliphatic rings. The third-order valence-corrected chi connectivity index (χ3v) is 5.79. The Balaban J connectivity index is 1.52. The number of hydrogen-bond donors (Lipinski definition) is 0. The zero-order valence-electron chi connectivity index (χ0n) is 18.0. The van der Waals surface area contributed by atoms with Crippen LogP contribution < -0.4 is 5.69 Å². The van der Waals surface area contributed by atoms with Gasteiger partial charge in [0, 0.05) is 29.2 Å². The smallest absolute Gasteiger partial charge is 0.352 e. The van der Waals surface area contributed by atoms with Crippen molar-refractivity contribution in [3.8, 4) is 22.8 Å². The largest absolute Gasteiger partial charge is 0.378 e. The highest BCUT2D eigenvalue weighted by molar-refractivity contribution is 7.98. The van der Waals surface area contributed by atoms with Gasteiger partial charge < -0.3 is 9.26 Å². The molecular weight excluding hydrogens is 440 g/mol. The average Bonchev–Trinajstić information content (AvgIpc) is 3.44. The third-order valence-electron chi connectivity index (χ3n) is 5.05. The Morgan fingerprint density at radius 1 is 1.03 bits per heavy atom. The summed E-state index contributed by atoms with van der Waals surface area (Å²) >= 11 is 1.66. The minimum Gasteiger partial charge on any atom is -0.378 e. The molecule has 0 fully saturated rings. The molecule has 9 nitrogen and oxygen atoms in total. The first-order valence-corrected chi connectivity index (χ1v) is 11.4. The summed E-state index contributed by atoms with van der Waals surface area (Å²) in [6.07, 6.45) is 2.02. The van der Waals surface area contributed by atoms with Crippen LogP contribution in [0.25, 0.3) is 28.4 Å². The molecular formula is C23H20N6O3S. The van der Waals surface area contributed by atoms with Crippen molar-refractivity contribution in [3.05, 3.63) is 82.7 Å². The second kappa shape index (κ2) is 9.00. The van der Waals surface area contributed by atoms with Crippen LogP contribution in [0, 0.1) is 0 Å². The summed E-state index contributed by atoms with van der Waals surface area (Å²) in [4.78, 5) is 23.5. The lowest BCUT2D eigenvalue weighted by molar-refractivity contribution is 0.181. The highest BCUT2D eigenvalue weighted by Crippen LogP contribution is 2.21. The highest BCUT2D eigenvalue weighted by Gasteiger charge is 2.18. The first-order chi connectivity index (χ1) is 16.2. The number of benzene rings is 2. The summed E-state index contributed by atoms with van der Waals surface area (Å²) in [7, 11) is 1.60. The molecule has 0 radical (unpaired) electrons. The van der Waals surface area contributed by atoms with E-state index in [0.717, 1.165) is 16.0 Å². The molecule has 3 heterocycles. The molecule has 5 rings (SSSR count). The molecule has 10 heteroatoms. The lowest BCUT2D eigenvalue weighted by Gasteiger charge is -2.06. The van der Waals surface area contributed by atoms with Gasteiger partial charge in [-0.15, -0.1) is 16.9 Å². The zero-order valence-corrected chi connectivity index (χ0v) is 18.8. The van der Waals surface area contributed by atoms with E-state index in [2.05, 4.69) is 20.2 Å². The maximum Gasteiger partial charge on any atom is 0.352 e. The van der Waals surface area contributed by atoms with Gasteiger partial charge in [0.05, 0.1) is 12.3 Å². The van der Waals surface area contributed by atoms with Crippen LogP contribution in [0.2, 0.25) is 0 Å². The summed E-state index contributed by atoms with van der Waals surface area (Å²) in [5.41, 5.74) is 2.44. The maximum absolute atomic E-state index is 13.2. The van der Waals surface area contributed by atoms with Crippen LogP contribution >= 0.6 is 11.8 Å². The molecule has 3 aromatic heterocycles. The van der Waals surface area contributed by atoms with E-state index in [1.54, 1.807) is 24.9 Å². The first kappa shape index (κ1) is 21.1. The van der Waals surface area contributed by atoms with Crippen LogP contribution in [0.3, 0.4) is 0 Å². The number of thioether (sulfide) groups is 1. The summed E-state index contributed by atoms with van der Waals surface area (Å²) < 4.78 is 13.4. The standard InChI is InChI=1S/C23H20N6O3S/c1-31-14-17-12-19-26-28(23(30)29(19)22(24-17)16-6-4-3-5-7-16)13-20-25-21(27-32-20)15-8-10-18(33-2)11-9-15/h3-12H,13-14H2,1-2H3. The average molecular weight is 461 g/mol. The fraction of sp³-hybridized carbons (Fsp3) is 0.174. The first-order valence-electron chi connectivity index (χ1n) is 10.2. The van der Waals surface area contributed by atoms with Crippen LogP contribution in [-0.4, -0.2) is 42.7 Å². The van der Waals surface area contributed by atoms with Crippen molar-refractivity contribution in [2.45, 2.75) is 18.0 Å². The van der Waals surface area contributed by atoms with E-state index in [4.69, 9.17) is 9.26 Å². The molecule has 0 saturated heterocycles. The van der Waals surface area contributed by atoms with E-state index >= 15 is 0 Å². The SMILES string of the molecule is COCc1cc2nn(Cc3nc(-c4ccc(SC)cc4)no3)c(=O)n2c(-c2ccccc2)n1. The monoisotopic (exact) mass is 460 g/mol. The molecule has 0 saturated carbocycles. The van der Waals surface area contributed by atoms with Crippen LogP contribution in [-0.2, 0) is 17.9 Å². The number of hydrogen-bond acceptors (Lipinski definition) is 8. The van der Waals surface area contributed by atoms with Crippen molar-refractivity contribution in [2.24, 2.45) is 0 Å². The number of methoxy groups -OCH3 is 1. The maximum atomic E-state index is 13.2. The summed E-state index contributed by atoms with van der Waals surface area (Å²) in [5.74, 6) is 1.25. The number of ether oxygens (including phenoxy) is 1. The Kier molecular flexibility index (Phi) is 5.76. The molecule has 0 aliphatic heterocycles. The molecule has 0 aliphatic carbocycles. The summed E-state index contributed by atoms with van der Waals surface area (Å²) in [5, 5.41) is 8.54. The topological polar surface area (TPSA) is 100 Å². The molecule has 0 bridgehead atoms. The summed E-state index contributed by atoms with van der Waals surface area (Å²) in [6.45, 7) is 0.351. The lowest BCUT2D eigenvalue weighted by Crippen LogP contribution is -2.23. The van der Waals surface area contributed by atoms with E-state index in [0.29, 0.717) is 29.6 Å². The van der Waals surface area contributed by atoms with Crippen LogP contribution in [0.1, 0.15) is 11.6 Å². The molecule has 0 spiro atoms. The third kappa shape index (κ3) is 4.18. The Labute approximate surface area is 193 Å². The van der Waals surface area contributed by atoms with Gasteiger partial charge in [-0.05, 0) is 30.5 Å². The second-order valence-corrected chi connectivity index (χ2v) is 8.12. The van der Waals surface area contributed by atoms with Crippen molar-refractivity contribution in [3.63, 3.8) is 0 Å². The Bertz CT molecular complexity index is 1460. The van der Waals surface area contributed by atoms with Gasteiger partial charge in [-0.1, -0.05) is 35.5 Å². The van der Waals surface area contributed by atoms with E-state index in [-0.39, 0.29) is 18.1 Å². The number of aromatic nitrogens is 6. The fourth-order valence-electron chi connectivity index (χ4n) is 3.49. The quantitative estimate of drug-likeness (QED) is 0.340. The molecule has 0 atom stereocenters. The minimum atomic E-state index is -0.343. The minimum absolute atomic E-state index is 0.0459. The van der Waals surface area contributed by atoms with E-state index in [1.165, 1.54) is 9.08 Å². The molecule has 0 amide bonds. The van der Waals surface area contributed by atoms with Crippen molar-refractivity contribution in [1.29, 1.82) is 0 Å². The normalized spacial score (nSPS) is 11.3. The van der Waals surface area contributed by atoms with Crippen molar-refractivity contribution in [2.75, 3.05) is 13.4 Å². The summed E-state index contributed by atoms with van der Waals surface area (Å²) in [6, 6.07) is 19.1. The Morgan fingerprint density at radius 3 is 2.55 bits per heavy atom. The molecule has 2 aromatic carbocycles. The van der Waals surface area contributed by atoms with Crippen molar-refractivity contribution < 1.29 is 9.26 Å². The van der Waals surface area contributed by atoms with Crippen molar-refractivity contribution >= 4 is 17.4 Å². The lowest BCUT2D eigenvalue weighted by atomic mass is 10.2. The van der Waals surface area contributed by atoms with Gasteiger partial charge >= 0.3 is 5.69 Å². The molecule has 5 aromatic rings. The number of fused-ring (bicyclic) bond motifs is 1. The van der Waals surface area contributed by atoms with E-state index in [1.807, 2.05) is 60.9 Å². The second-order valence-electron chi connectivity index (χ2n) is 7.24. The van der Waals surface area contributed by atoms with E-state index < -0.39 is 0 Å². The molecule has 166 valence electrons. The Morgan fingerprint density at radius 2 is 1.82 bits per heavy atom. The van der Waals surface area contributed by atoms with Crippen molar-refractivity contribution in [1.82, 2.24) is 29.3 Å². The van der Waals surface area contributed by atoms with Gasteiger partial charge in [0.2, 0.25) is 11.7 Å². The van der Waals surface area contributed by atoms with E-state index in [9.17, 15) is 4.79 Å². The van der Waals surface area contributed by atoms with Gasteiger partial charge in [0.25, 0.3) is 0 Å². The number of rotatable bonds is 7. The van der Waals surface area contributed by atoms with Crippen LogP contribution in [0.5, 0.6) is 0 Å². The van der Waals surface area contributed by atoms with Gasteiger partial charge in [-0.3, -0.25) is 0 Å².